The molecule has 0 amide bonds. The SMILES string of the molecule is CC(C)(C)c1nc(Br)cc(NC2CCN(C3CC3)C2)n1. The number of aromatic nitrogens is 2. The molecule has 0 radical (unpaired) electrons. The molecule has 110 valence electrons. The first kappa shape index (κ1) is 14.3. The van der Waals surface area contributed by atoms with Crippen molar-refractivity contribution in [1.82, 2.24) is 14.9 Å². The third-order valence-electron chi connectivity index (χ3n) is 4.00. The molecule has 1 unspecified atom stereocenters. The third-order valence-corrected chi connectivity index (χ3v) is 4.41. The lowest BCUT2D eigenvalue weighted by Gasteiger charge is -2.20. The fourth-order valence-corrected chi connectivity index (χ4v) is 3.10. The monoisotopic (exact) mass is 338 g/mol. The molecular formula is C15H23BrN4. The van der Waals surface area contributed by atoms with Gasteiger partial charge in [0, 0.05) is 36.7 Å². The van der Waals surface area contributed by atoms with Gasteiger partial charge in [0.25, 0.3) is 0 Å². The first-order chi connectivity index (χ1) is 9.41. The van der Waals surface area contributed by atoms with E-state index in [0.717, 1.165) is 28.8 Å². The van der Waals surface area contributed by atoms with E-state index in [1.165, 1.54) is 25.8 Å². The molecule has 20 heavy (non-hydrogen) atoms. The van der Waals surface area contributed by atoms with Gasteiger partial charge in [0.2, 0.25) is 0 Å². The summed E-state index contributed by atoms with van der Waals surface area (Å²) in [4.78, 5) is 11.8. The highest BCUT2D eigenvalue weighted by Gasteiger charge is 2.34. The molecule has 4 nitrogen and oxygen atoms in total. The van der Waals surface area contributed by atoms with Gasteiger partial charge >= 0.3 is 0 Å². The number of likely N-dealkylation sites (tertiary alicyclic amines) is 1. The van der Waals surface area contributed by atoms with E-state index in [0.29, 0.717) is 6.04 Å². The van der Waals surface area contributed by atoms with Gasteiger partial charge in [-0.25, -0.2) is 9.97 Å². The Morgan fingerprint density at radius 1 is 1.25 bits per heavy atom. The van der Waals surface area contributed by atoms with Crippen molar-refractivity contribution in [1.29, 1.82) is 0 Å². The zero-order chi connectivity index (χ0) is 14.3. The Hall–Kier alpha value is -0.680. The average Bonchev–Trinajstić information content (AvgIpc) is 3.09. The number of halogens is 1. The summed E-state index contributed by atoms with van der Waals surface area (Å²) in [6.45, 7) is 8.80. The van der Waals surface area contributed by atoms with E-state index in [-0.39, 0.29) is 5.41 Å². The highest BCUT2D eigenvalue weighted by atomic mass is 79.9. The molecule has 0 bridgehead atoms. The van der Waals surface area contributed by atoms with E-state index in [1.54, 1.807) is 0 Å². The maximum atomic E-state index is 4.68. The van der Waals surface area contributed by atoms with Gasteiger partial charge in [0.05, 0.1) is 0 Å². The van der Waals surface area contributed by atoms with Crippen molar-refractivity contribution in [3.63, 3.8) is 0 Å². The maximum absolute atomic E-state index is 4.68. The van der Waals surface area contributed by atoms with Crippen molar-refractivity contribution >= 4 is 21.7 Å². The maximum Gasteiger partial charge on any atom is 0.137 e. The van der Waals surface area contributed by atoms with Crippen LogP contribution < -0.4 is 5.32 Å². The Balaban J connectivity index is 1.69. The van der Waals surface area contributed by atoms with Crippen LogP contribution in [0.3, 0.4) is 0 Å². The van der Waals surface area contributed by atoms with Crippen LogP contribution in [0.15, 0.2) is 10.7 Å². The minimum Gasteiger partial charge on any atom is -0.366 e. The third kappa shape index (κ3) is 3.31. The van der Waals surface area contributed by atoms with E-state index < -0.39 is 0 Å². The van der Waals surface area contributed by atoms with Gasteiger partial charge in [0.1, 0.15) is 16.2 Å². The first-order valence-corrected chi connectivity index (χ1v) is 8.27. The molecular weight excluding hydrogens is 316 g/mol. The largest absolute Gasteiger partial charge is 0.366 e. The lowest BCUT2D eigenvalue weighted by Crippen LogP contribution is -2.28. The van der Waals surface area contributed by atoms with E-state index >= 15 is 0 Å². The van der Waals surface area contributed by atoms with Crippen LogP contribution in [-0.2, 0) is 5.41 Å². The summed E-state index contributed by atoms with van der Waals surface area (Å²) in [5.41, 5.74) is -0.0318. The molecule has 1 atom stereocenters. The second-order valence-electron chi connectivity index (χ2n) is 7.01. The topological polar surface area (TPSA) is 41.1 Å². The van der Waals surface area contributed by atoms with Gasteiger partial charge in [-0.05, 0) is 35.2 Å². The Morgan fingerprint density at radius 3 is 2.65 bits per heavy atom. The smallest absolute Gasteiger partial charge is 0.137 e. The van der Waals surface area contributed by atoms with Crippen molar-refractivity contribution in [3.8, 4) is 0 Å². The zero-order valence-electron chi connectivity index (χ0n) is 12.5. The lowest BCUT2D eigenvalue weighted by molar-refractivity contribution is 0.326. The molecule has 1 saturated carbocycles. The minimum atomic E-state index is -0.0318. The molecule has 1 aliphatic carbocycles. The van der Waals surface area contributed by atoms with Gasteiger partial charge in [-0.3, -0.25) is 4.90 Å². The van der Waals surface area contributed by atoms with Gasteiger partial charge in [-0.1, -0.05) is 20.8 Å². The normalized spacial score (nSPS) is 24.1. The van der Waals surface area contributed by atoms with Gasteiger partial charge in [0.15, 0.2) is 0 Å². The zero-order valence-corrected chi connectivity index (χ0v) is 14.1. The number of nitrogens with one attached hydrogen (secondary N) is 1. The summed E-state index contributed by atoms with van der Waals surface area (Å²) < 4.78 is 0.858. The van der Waals surface area contributed by atoms with Crippen LogP contribution in [0.2, 0.25) is 0 Å². The highest BCUT2D eigenvalue weighted by molar-refractivity contribution is 9.10. The van der Waals surface area contributed by atoms with Gasteiger partial charge in [-0.2, -0.15) is 0 Å². The summed E-state index contributed by atoms with van der Waals surface area (Å²) in [6, 6.07) is 3.36. The van der Waals surface area contributed by atoms with Crippen molar-refractivity contribution in [2.24, 2.45) is 0 Å². The van der Waals surface area contributed by atoms with Crippen LogP contribution in [0.4, 0.5) is 5.82 Å². The predicted molar refractivity (Wildman–Crippen MR) is 85.1 cm³/mol. The second kappa shape index (κ2) is 5.26. The molecule has 2 fully saturated rings. The van der Waals surface area contributed by atoms with E-state index in [2.05, 4.69) is 56.9 Å². The van der Waals surface area contributed by atoms with Crippen molar-refractivity contribution in [2.45, 2.75) is 57.5 Å². The second-order valence-corrected chi connectivity index (χ2v) is 7.82. The molecule has 1 aliphatic heterocycles. The molecule has 5 heteroatoms. The molecule has 1 aromatic rings. The van der Waals surface area contributed by atoms with Gasteiger partial charge < -0.3 is 5.32 Å². The van der Waals surface area contributed by atoms with Crippen LogP contribution in [0, 0.1) is 0 Å². The minimum absolute atomic E-state index is 0.0318. The van der Waals surface area contributed by atoms with Crippen LogP contribution in [0.1, 0.15) is 45.9 Å². The molecule has 0 aromatic carbocycles. The van der Waals surface area contributed by atoms with Crippen LogP contribution >= 0.6 is 15.9 Å². The van der Waals surface area contributed by atoms with Crippen molar-refractivity contribution in [2.75, 3.05) is 18.4 Å². The number of anilines is 1. The Bertz CT molecular complexity index is 493. The highest BCUT2D eigenvalue weighted by Crippen LogP contribution is 2.31. The van der Waals surface area contributed by atoms with Crippen LogP contribution in [-0.4, -0.2) is 40.0 Å². The summed E-state index contributed by atoms with van der Waals surface area (Å²) in [7, 11) is 0. The van der Waals surface area contributed by atoms with E-state index in [4.69, 9.17) is 0 Å². The summed E-state index contributed by atoms with van der Waals surface area (Å²) in [5, 5.41) is 3.58. The molecule has 0 spiro atoms. The van der Waals surface area contributed by atoms with Gasteiger partial charge in [-0.15, -0.1) is 0 Å². The molecule has 2 aliphatic rings. The fourth-order valence-electron chi connectivity index (χ4n) is 2.71. The predicted octanol–water partition coefficient (Wildman–Crippen LogP) is 3.19. The number of hydrogen-bond acceptors (Lipinski definition) is 4. The van der Waals surface area contributed by atoms with Crippen LogP contribution in [0.5, 0.6) is 0 Å². The summed E-state index contributed by atoms with van der Waals surface area (Å²) in [6.07, 6.45) is 3.99. The number of hydrogen-bond donors (Lipinski definition) is 1. The molecule has 3 rings (SSSR count). The Morgan fingerprint density at radius 2 is 2.00 bits per heavy atom. The van der Waals surface area contributed by atoms with Crippen LogP contribution in [0.25, 0.3) is 0 Å². The molecule has 1 saturated heterocycles. The quantitative estimate of drug-likeness (QED) is 0.859. The number of nitrogens with zero attached hydrogens (tertiary/aromatic N) is 3. The Kier molecular flexibility index (Phi) is 3.75. The summed E-state index contributed by atoms with van der Waals surface area (Å²) >= 11 is 3.50. The molecule has 1 aromatic heterocycles. The van der Waals surface area contributed by atoms with E-state index in [9.17, 15) is 0 Å². The fraction of sp³-hybridized carbons (Fsp3) is 0.733. The standard InChI is InChI=1S/C15H23BrN4/c1-15(2,3)14-18-12(16)8-13(19-14)17-10-6-7-20(9-10)11-4-5-11/h8,10-11H,4-7,9H2,1-3H3,(H,17,18,19). The average molecular weight is 339 g/mol. The van der Waals surface area contributed by atoms with Crippen molar-refractivity contribution < 1.29 is 0 Å². The molecule has 1 N–H and O–H groups in total. The lowest BCUT2D eigenvalue weighted by atomic mass is 9.96. The number of rotatable bonds is 3. The first-order valence-electron chi connectivity index (χ1n) is 7.47. The van der Waals surface area contributed by atoms with Crippen molar-refractivity contribution in [3.05, 3.63) is 16.5 Å². The Labute approximate surface area is 129 Å². The molecule has 2 heterocycles. The van der Waals surface area contributed by atoms with E-state index in [1.807, 2.05) is 6.07 Å². The summed E-state index contributed by atoms with van der Waals surface area (Å²) in [5.74, 6) is 1.82.